The zero-order valence-electron chi connectivity index (χ0n) is 26.8. The van der Waals surface area contributed by atoms with E-state index in [1.807, 2.05) is 21.1 Å². The molecule has 0 saturated heterocycles. The lowest BCUT2D eigenvalue weighted by Gasteiger charge is -2.24. The molecule has 0 radical (unpaired) electrons. The smallest absolute Gasteiger partial charge is 0.457 e. The normalized spacial score (nSPS) is 14.8. The number of nitrogens with zero attached hydrogens (tertiary/aromatic N) is 1. The van der Waals surface area contributed by atoms with Crippen LogP contribution in [0.5, 0.6) is 0 Å². The van der Waals surface area contributed by atoms with Crippen molar-refractivity contribution in [3.63, 3.8) is 0 Å². The first-order chi connectivity index (χ1) is 19.6. The molecule has 0 aliphatic carbocycles. The maximum absolute atomic E-state index is 12.4. The number of unbranched alkanes of at least 4 members (excludes halogenated alkanes) is 8. The number of carbonyl (C=O) groups is 1. The van der Waals surface area contributed by atoms with Crippen molar-refractivity contribution in [2.45, 2.75) is 110 Å². The molecule has 0 heterocycles. The summed E-state index contributed by atoms with van der Waals surface area (Å²) < 4.78 is 34.4. The van der Waals surface area contributed by atoms with Gasteiger partial charge in [-0.1, -0.05) is 88.8 Å². The molecule has 0 aromatic rings. The molecule has 240 valence electrons. The van der Waals surface area contributed by atoms with E-state index in [-0.39, 0.29) is 25.8 Å². The summed E-state index contributed by atoms with van der Waals surface area (Å²) in [5, 5.41) is 0. The predicted octanol–water partition coefficient (Wildman–Crippen LogP) is 7.92. The molecule has 9 heteroatoms. The van der Waals surface area contributed by atoms with E-state index in [4.69, 9.17) is 18.5 Å². The van der Waals surface area contributed by atoms with Crippen LogP contribution in [0.15, 0.2) is 36.5 Å². The molecule has 0 aliphatic heterocycles. The van der Waals surface area contributed by atoms with Gasteiger partial charge in [0.2, 0.25) is 0 Å². The summed E-state index contributed by atoms with van der Waals surface area (Å²) in [4.78, 5) is 22.4. The van der Waals surface area contributed by atoms with Crippen LogP contribution in [0.2, 0.25) is 0 Å². The van der Waals surface area contributed by atoms with Crippen LogP contribution >= 0.6 is 7.82 Å². The second-order valence-electron chi connectivity index (χ2n) is 11.5. The number of phosphoric ester groups is 1. The van der Waals surface area contributed by atoms with Gasteiger partial charge in [0.15, 0.2) is 0 Å². The van der Waals surface area contributed by atoms with Crippen LogP contribution in [0.1, 0.15) is 104 Å². The van der Waals surface area contributed by atoms with E-state index < -0.39 is 13.9 Å². The molecule has 0 aliphatic rings. The van der Waals surface area contributed by atoms with E-state index in [0.717, 1.165) is 83.5 Å². The Hall–Kier alpha value is -1.28. The van der Waals surface area contributed by atoms with Crippen molar-refractivity contribution in [1.29, 1.82) is 0 Å². The lowest BCUT2D eigenvalue weighted by atomic mass is 10.1. The van der Waals surface area contributed by atoms with Gasteiger partial charge in [0, 0.05) is 13.0 Å². The van der Waals surface area contributed by atoms with Crippen molar-refractivity contribution >= 4 is 13.8 Å². The molecule has 0 spiro atoms. The Morgan fingerprint density at radius 2 is 1.41 bits per heavy atom. The fourth-order valence-corrected chi connectivity index (χ4v) is 4.48. The Morgan fingerprint density at radius 3 is 2.10 bits per heavy atom. The van der Waals surface area contributed by atoms with Crippen LogP contribution < -0.4 is 0 Å². The average Bonchev–Trinajstić information content (AvgIpc) is 2.90. The molecule has 2 unspecified atom stereocenters. The van der Waals surface area contributed by atoms with Crippen molar-refractivity contribution in [2.24, 2.45) is 0 Å². The first-order valence-corrected chi connectivity index (χ1v) is 17.2. The summed E-state index contributed by atoms with van der Waals surface area (Å²) in [5.74, 6) is -0.339. The van der Waals surface area contributed by atoms with Gasteiger partial charge in [0.1, 0.15) is 19.3 Å². The van der Waals surface area contributed by atoms with Crippen LogP contribution in [-0.4, -0.2) is 75.6 Å². The zero-order valence-corrected chi connectivity index (χ0v) is 27.7. The largest absolute Gasteiger partial charge is 0.472 e. The molecule has 0 aromatic carbocycles. The molecule has 0 aromatic heterocycles. The number of ether oxygens (including phenoxy) is 2. The van der Waals surface area contributed by atoms with Crippen molar-refractivity contribution in [3.05, 3.63) is 36.5 Å². The Labute approximate surface area is 251 Å². The molecule has 2 atom stereocenters. The van der Waals surface area contributed by atoms with E-state index in [1.54, 1.807) is 0 Å². The number of rotatable bonds is 28. The lowest BCUT2D eigenvalue weighted by Crippen LogP contribution is -2.37. The van der Waals surface area contributed by atoms with Crippen molar-refractivity contribution < 1.29 is 37.3 Å². The predicted molar refractivity (Wildman–Crippen MR) is 169 cm³/mol. The summed E-state index contributed by atoms with van der Waals surface area (Å²) in [6.45, 7) is 5.33. The molecular weight excluding hydrogens is 541 g/mol. The molecule has 1 N–H and O–H groups in total. The van der Waals surface area contributed by atoms with Crippen LogP contribution in [0.4, 0.5) is 0 Å². The van der Waals surface area contributed by atoms with Gasteiger partial charge >= 0.3 is 13.8 Å². The van der Waals surface area contributed by atoms with Gasteiger partial charge in [-0.25, -0.2) is 4.57 Å². The zero-order chi connectivity index (χ0) is 30.7. The van der Waals surface area contributed by atoms with Crippen molar-refractivity contribution in [2.75, 3.05) is 54.1 Å². The van der Waals surface area contributed by atoms with Gasteiger partial charge in [-0.05, 0) is 44.9 Å². The number of allylic oxidation sites excluding steroid dienone is 6. The average molecular weight is 603 g/mol. The molecule has 8 nitrogen and oxygen atoms in total. The molecule has 0 bridgehead atoms. The van der Waals surface area contributed by atoms with Gasteiger partial charge < -0.3 is 18.9 Å². The SMILES string of the molecule is CC/C=C\C/C=C\C/C=C\CCCCCCOCC(COP(=O)(O)OCC[N+](C)(C)C)OC(=O)CCCCCCC. The number of esters is 1. The fourth-order valence-electron chi connectivity index (χ4n) is 3.74. The molecule has 0 rings (SSSR count). The quantitative estimate of drug-likeness (QED) is 0.0320. The first-order valence-electron chi connectivity index (χ1n) is 15.7. The van der Waals surface area contributed by atoms with Gasteiger partial charge in [-0.15, -0.1) is 0 Å². The number of likely N-dealkylation sites (N-methyl/N-ethyl adjacent to an activating group) is 1. The minimum atomic E-state index is -4.25. The van der Waals surface area contributed by atoms with Crippen LogP contribution in [0.3, 0.4) is 0 Å². The number of quaternary nitrogens is 1. The highest BCUT2D eigenvalue weighted by Gasteiger charge is 2.26. The number of hydrogen-bond donors (Lipinski definition) is 1. The van der Waals surface area contributed by atoms with E-state index in [9.17, 15) is 14.3 Å². The minimum Gasteiger partial charge on any atom is -0.457 e. The van der Waals surface area contributed by atoms with Gasteiger partial charge in [-0.3, -0.25) is 13.8 Å². The molecule has 0 amide bonds. The lowest BCUT2D eigenvalue weighted by molar-refractivity contribution is -0.870. The third-order valence-corrected chi connectivity index (χ3v) is 7.20. The summed E-state index contributed by atoms with van der Waals surface area (Å²) in [5.41, 5.74) is 0. The molecule has 0 saturated carbocycles. The third-order valence-electron chi connectivity index (χ3n) is 6.22. The molecule has 0 fully saturated rings. The summed E-state index contributed by atoms with van der Waals surface area (Å²) >= 11 is 0. The topological polar surface area (TPSA) is 91.3 Å². The minimum absolute atomic E-state index is 0.0831. The highest BCUT2D eigenvalue weighted by molar-refractivity contribution is 7.47. The summed E-state index contributed by atoms with van der Waals surface area (Å²) in [7, 11) is 1.64. The van der Waals surface area contributed by atoms with E-state index >= 15 is 0 Å². The van der Waals surface area contributed by atoms with E-state index in [2.05, 4.69) is 50.3 Å². The van der Waals surface area contributed by atoms with Gasteiger partial charge in [0.25, 0.3) is 0 Å². The maximum atomic E-state index is 12.4. The number of carbonyl (C=O) groups excluding carboxylic acids is 1. The standard InChI is InChI=1S/C32H60NO7P/c1-6-8-10-12-13-14-15-16-17-18-19-20-22-24-27-37-29-31(40-32(34)25-23-21-11-9-7-2)30-39-41(35,36)38-28-26-33(3,4)5/h8,10,13-14,16-17,31H,6-7,9,11-12,15,18-30H2,1-5H3/p+1/b10-8-,14-13-,17-16-. The Balaban J connectivity index is 4.32. The maximum Gasteiger partial charge on any atom is 0.472 e. The Kier molecular flexibility index (Phi) is 25.5. The van der Waals surface area contributed by atoms with Crippen LogP contribution in [0, 0.1) is 0 Å². The number of phosphoric acid groups is 1. The van der Waals surface area contributed by atoms with E-state index in [0.29, 0.717) is 24.1 Å². The Morgan fingerprint density at radius 1 is 0.780 bits per heavy atom. The fraction of sp³-hybridized carbons (Fsp3) is 0.781. The third kappa shape index (κ3) is 30.0. The van der Waals surface area contributed by atoms with Gasteiger partial charge in [0.05, 0.1) is 34.4 Å². The molecular formula is C32H61NO7P+. The van der Waals surface area contributed by atoms with Crippen LogP contribution in [-0.2, 0) is 27.9 Å². The molecule has 41 heavy (non-hydrogen) atoms. The second-order valence-corrected chi connectivity index (χ2v) is 12.9. The van der Waals surface area contributed by atoms with E-state index in [1.165, 1.54) is 0 Å². The van der Waals surface area contributed by atoms with Gasteiger partial charge in [-0.2, -0.15) is 0 Å². The van der Waals surface area contributed by atoms with Crippen molar-refractivity contribution in [1.82, 2.24) is 0 Å². The van der Waals surface area contributed by atoms with Crippen LogP contribution in [0.25, 0.3) is 0 Å². The first kappa shape index (κ1) is 39.7. The summed E-state index contributed by atoms with van der Waals surface area (Å²) in [6, 6.07) is 0. The highest BCUT2D eigenvalue weighted by Crippen LogP contribution is 2.43. The Bertz CT molecular complexity index is 762. The number of hydrogen-bond acceptors (Lipinski definition) is 6. The second kappa shape index (κ2) is 26.4. The monoisotopic (exact) mass is 602 g/mol. The van der Waals surface area contributed by atoms with Crippen molar-refractivity contribution in [3.8, 4) is 0 Å². The summed E-state index contributed by atoms with van der Waals surface area (Å²) in [6.07, 6.45) is 26.4. The highest BCUT2D eigenvalue weighted by atomic mass is 31.2.